The number of hydrogen-bond acceptors (Lipinski definition) is 4. The van der Waals surface area contributed by atoms with Gasteiger partial charge in [-0.1, -0.05) is 66.4 Å². The van der Waals surface area contributed by atoms with Crippen molar-refractivity contribution in [1.29, 1.82) is 0 Å². The van der Waals surface area contributed by atoms with Crippen LogP contribution in [0.5, 0.6) is 0 Å². The van der Waals surface area contributed by atoms with Gasteiger partial charge in [-0.25, -0.2) is 0 Å². The van der Waals surface area contributed by atoms with Gasteiger partial charge in [-0.15, -0.1) is 53.6 Å². The maximum absolute atomic E-state index is 6.39. The molecule has 0 aliphatic heterocycles. The van der Waals surface area contributed by atoms with Crippen molar-refractivity contribution in [2.45, 2.75) is 27.7 Å². The number of imidazole rings is 1. The third-order valence-corrected chi connectivity index (χ3v) is 7.99. The molecule has 0 unspecified atom stereocenters. The van der Waals surface area contributed by atoms with E-state index in [9.17, 15) is 0 Å². The van der Waals surface area contributed by atoms with Gasteiger partial charge in [0.1, 0.15) is 5.58 Å². The number of furan rings is 1. The van der Waals surface area contributed by atoms with Crippen molar-refractivity contribution in [3.05, 3.63) is 144 Å². The van der Waals surface area contributed by atoms with E-state index in [1.165, 1.54) is 0 Å². The number of para-hydroxylation sites is 2. The summed E-state index contributed by atoms with van der Waals surface area (Å²) in [6.45, 7) is 8.30. The van der Waals surface area contributed by atoms with E-state index in [0.717, 1.165) is 83.8 Å². The zero-order valence-electron chi connectivity index (χ0n) is 25.4. The molecule has 0 saturated heterocycles. The molecular formula is C39H30IrN4O-2. The minimum absolute atomic E-state index is 0. The van der Waals surface area contributed by atoms with Crippen LogP contribution in [0.1, 0.15) is 22.5 Å². The number of aryl methyl sites for hydroxylation is 4. The molecule has 4 aromatic heterocycles. The van der Waals surface area contributed by atoms with E-state index >= 15 is 0 Å². The van der Waals surface area contributed by atoms with Crippen molar-refractivity contribution in [2.75, 3.05) is 0 Å². The molecule has 1 radical (unpaired) electrons. The molecule has 0 fully saturated rings. The molecule has 0 atom stereocenters. The molecule has 4 heterocycles. The van der Waals surface area contributed by atoms with Crippen LogP contribution in [0.2, 0.25) is 0 Å². The minimum Gasteiger partial charge on any atom is -0.501 e. The van der Waals surface area contributed by atoms with Crippen LogP contribution in [0.3, 0.4) is 0 Å². The Kier molecular flexibility index (Phi) is 8.44. The van der Waals surface area contributed by atoms with E-state index in [2.05, 4.69) is 72.8 Å². The summed E-state index contributed by atoms with van der Waals surface area (Å²) in [5, 5.41) is 2.23. The molecule has 4 aromatic carbocycles. The topological polar surface area (TPSA) is 56.7 Å². The van der Waals surface area contributed by atoms with Crippen LogP contribution >= 0.6 is 0 Å². The van der Waals surface area contributed by atoms with Crippen molar-refractivity contribution in [3.63, 3.8) is 0 Å². The second kappa shape index (κ2) is 12.6. The number of fused-ring (bicyclic) bond motifs is 4. The van der Waals surface area contributed by atoms with Gasteiger partial charge >= 0.3 is 0 Å². The number of hydrogen-bond donors (Lipinski definition) is 0. The summed E-state index contributed by atoms with van der Waals surface area (Å²) in [6, 6.07) is 40.9. The normalized spacial score (nSPS) is 10.9. The SMILES string of the molecule is Cc1nc(C)c2nc(-c3[c-]cc(C)c4c3oc3ccccc34)n(-c3ccccc3)c2c1C.[Ir].[c-]1ccccc1-c1ccccn1. The smallest absolute Gasteiger partial charge is 0.120 e. The van der Waals surface area contributed by atoms with E-state index in [1.807, 2.05) is 79.7 Å². The fourth-order valence-electron chi connectivity index (χ4n) is 5.75. The first-order chi connectivity index (χ1) is 21.5. The molecule has 0 spiro atoms. The molecule has 0 saturated carbocycles. The Morgan fingerprint density at radius 3 is 2.24 bits per heavy atom. The van der Waals surface area contributed by atoms with Crippen molar-refractivity contribution in [3.8, 4) is 28.3 Å². The van der Waals surface area contributed by atoms with E-state index in [-0.39, 0.29) is 20.1 Å². The molecule has 8 rings (SSSR count). The molecule has 8 aromatic rings. The van der Waals surface area contributed by atoms with Gasteiger partial charge in [0, 0.05) is 43.1 Å². The Labute approximate surface area is 276 Å². The van der Waals surface area contributed by atoms with Crippen LogP contribution < -0.4 is 0 Å². The van der Waals surface area contributed by atoms with Gasteiger partial charge in [-0.3, -0.25) is 9.97 Å². The maximum Gasteiger partial charge on any atom is 0.120 e. The van der Waals surface area contributed by atoms with Crippen LogP contribution in [0, 0.1) is 39.8 Å². The van der Waals surface area contributed by atoms with E-state index in [4.69, 9.17) is 14.4 Å². The summed E-state index contributed by atoms with van der Waals surface area (Å²) >= 11 is 0. The zero-order chi connectivity index (χ0) is 30.2. The van der Waals surface area contributed by atoms with Crippen molar-refractivity contribution in [2.24, 2.45) is 0 Å². The number of nitrogens with zero attached hydrogens (tertiary/aromatic N) is 4. The van der Waals surface area contributed by atoms with Crippen LogP contribution in [-0.2, 0) is 20.1 Å². The summed E-state index contributed by atoms with van der Waals surface area (Å²) in [4.78, 5) is 14.1. The quantitative estimate of drug-likeness (QED) is 0.168. The van der Waals surface area contributed by atoms with Crippen LogP contribution in [0.4, 0.5) is 0 Å². The first-order valence-corrected chi connectivity index (χ1v) is 14.6. The number of pyridine rings is 2. The van der Waals surface area contributed by atoms with E-state index in [0.29, 0.717) is 0 Å². The van der Waals surface area contributed by atoms with Crippen molar-refractivity contribution < 1.29 is 24.5 Å². The predicted molar refractivity (Wildman–Crippen MR) is 178 cm³/mol. The Balaban J connectivity index is 0.000000231. The van der Waals surface area contributed by atoms with Crippen LogP contribution in [-0.4, -0.2) is 19.5 Å². The first kappa shape index (κ1) is 30.1. The molecule has 0 bridgehead atoms. The second-order valence-electron chi connectivity index (χ2n) is 10.9. The van der Waals surface area contributed by atoms with Crippen LogP contribution in [0.25, 0.3) is 61.3 Å². The fourth-order valence-corrected chi connectivity index (χ4v) is 5.75. The third kappa shape index (κ3) is 5.48. The molecule has 0 aliphatic rings. The Morgan fingerprint density at radius 1 is 0.733 bits per heavy atom. The van der Waals surface area contributed by atoms with Gasteiger partial charge < -0.3 is 14.0 Å². The molecular weight excluding hydrogens is 733 g/mol. The van der Waals surface area contributed by atoms with Gasteiger partial charge in [0.05, 0.1) is 28.1 Å². The van der Waals surface area contributed by atoms with E-state index < -0.39 is 0 Å². The summed E-state index contributed by atoms with van der Waals surface area (Å²) in [5.41, 5.74) is 11.8. The second-order valence-corrected chi connectivity index (χ2v) is 10.9. The summed E-state index contributed by atoms with van der Waals surface area (Å²) in [6.07, 6.45) is 1.79. The maximum atomic E-state index is 6.39. The summed E-state index contributed by atoms with van der Waals surface area (Å²) < 4.78 is 8.61. The average molecular weight is 763 g/mol. The molecule has 45 heavy (non-hydrogen) atoms. The Hall–Kier alpha value is -4.90. The van der Waals surface area contributed by atoms with Crippen molar-refractivity contribution in [1.82, 2.24) is 19.5 Å². The molecule has 223 valence electrons. The van der Waals surface area contributed by atoms with Crippen LogP contribution in [0.15, 0.2) is 114 Å². The van der Waals surface area contributed by atoms with Gasteiger partial charge in [0.25, 0.3) is 0 Å². The van der Waals surface area contributed by atoms with Gasteiger partial charge in [-0.2, -0.15) is 0 Å². The zero-order valence-corrected chi connectivity index (χ0v) is 27.8. The third-order valence-electron chi connectivity index (χ3n) is 7.99. The largest absolute Gasteiger partial charge is 0.501 e. The summed E-state index contributed by atoms with van der Waals surface area (Å²) in [7, 11) is 0. The fraction of sp³-hybridized carbons (Fsp3) is 0.103. The van der Waals surface area contributed by atoms with Gasteiger partial charge in [-0.05, 0) is 56.3 Å². The monoisotopic (exact) mass is 763 g/mol. The number of aromatic nitrogens is 4. The Morgan fingerprint density at radius 2 is 1.49 bits per heavy atom. The standard InChI is InChI=1S/C28H22N3O.C11H8N.Ir/c1-16-14-15-22(27-24(16)21-12-8-9-13-23(21)32-27)28-30-25-19(4)29-18(3)17(2)26(25)31(28)20-10-6-5-7-11-20;1-2-6-10(7-3-1)11-8-4-5-9-12-11;/h5-14H,1-4H3;1-6,8-9H;/q2*-1;. The van der Waals surface area contributed by atoms with Gasteiger partial charge in [0.15, 0.2) is 0 Å². The minimum atomic E-state index is 0. The Bertz CT molecular complexity index is 2220. The van der Waals surface area contributed by atoms with Gasteiger partial charge in [0.2, 0.25) is 0 Å². The average Bonchev–Trinajstić information content (AvgIpc) is 3.66. The number of rotatable bonds is 3. The molecule has 5 nitrogen and oxygen atoms in total. The molecule has 0 N–H and O–H groups in total. The first-order valence-electron chi connectivity index (χ1n) is 14.6. The molecule has 6 heteroatoms. The molecule has 0 aliphatic carbocycles. The number of benzene rings is 4. The molecule has 0 amide bonds. The summed E-state index contributed by atoms with van der Waals surface area (Å²) in [5.74, 6) is 0.814. The predicted octanol–water partition coefficient (Wildman–Crippen LogP) is 9.57. The van der Waals surface area contributed by atoms with E-state index in [1.54, 1.807) is 6.20 Å². The van der Waals surface area contributed by atoms with Crippen molar-refractivity contribution >= 4 is 33.0 Å².